The van der Waals surface area contributed by atoms with Gasteiger partial charge in [0, 0.05) is 23.0 Å². The van der Waals surface area contributed by atoms with Crippen LogP contribution in [0, 0.1) is 6.92 Å². The zero-order valence-corrected chi connectivity index (χ0v) is 19.7. The van der Waals surface area contributed by atoms with Gasteiger partial charge in [-0.05, 0) is 49.2 Å². The quantitative estimate of drug-likeness (QED) is 0.487. The number of nitrogens with zero attached hydrogens (tertiary/aromatic N) is 1. The van der Waals surface area contributed by atoms with Crippen LogP contribution in [0.3, 0.4) is 0 Å². The maximum atomic E-state index is 12.2. The molecule has 0 unspecified atom stereocenters. The number of benzene rings is 2. The lowest BCUT2D eigenvalue weighted by Crippen LogP contribution is -2.33. The molecule has 2 rings (SSSR count). The van der Waals surface area contributed by atoms with Crippen molar-refractivity contribution in [3.63, 3.8) is 0 Å². The Bertz CT molecular complexity index is 1000. The molecule has 0 heterocycles. The van der Waals surface area contributed by atoms with E-state index in [1.807, 2.05) is 19.1 Å². The minimum absolute atomic E-state index is 0.102. The summed E-state index contributed by atoms with van der Waals surface area (Å²) in [4.78, 5) is 12.0. The Labute approximate surface area is 192 Å². The maximum Gasteiger partial charge on any atom is 0.232 e. The molecule has 0 spiro atoms. The van der Waals surface area contributed by atoms with E-state index in [0.29, 0.717) is 35.4 Å². The first kappa shape index (κ1) is 24.6. The van der Waals surface area contributed by atoms with Crippen molar-refractivity contribution in [3.05, 3.63) is 57.0 Å². The van der Waals surface area contributed by atoms with Crippen LogP contribution in [-0.2, 0) is 14.8 Å². The molecule has 0 atom stereocenters. The number of aryl methyl sites for hydroxylation is 1. The first-order valence-corrected chi connectivity index (χ1v) is 12.1. The van der Waals surface area contributed by atoms with Crippen LogP contribution in [0.4, 0.5) is 5.69 Å². The number of rotatable bonds is 10. The highest BCUT2D eigenvalue weighted by Crippen LogP contribution is 2.30. The van der Waals surface area contributed by atoms with Gasteiger partial charge in [-0.1, -0.05) is 40.9 Å². The summed E-state index contributed by atoms with van der Waals surface area (Å²) in [6.07, 6.45) is 1.55. The van der Waals surface area contributed by atoms with Crippen LogP contribution in [0.5, 0.6) is 5.75 Å². The van der Waals surface area contributed by atoms with Gasteiger partial charge in [-0.25, -0.2) is 8.42 Å². The van der Waals surface area contributed by atoms with Gasteiger partial charge in [0.25, 0.3) is 0 Å². The van der Waals surface area contributed by atoms with Gasteiger partial charge < -0.3 is 10.1 Å². The van der Waals surface area contributed by atoms with E-state index < -0.39 is 10.0 Å². The Morgan fingerprint density at radius 3 is 2.50 bits per heavy atom. The summed E-state index contributed by atoms with van der Waals surface area (Å²) in [7, 11) is -3.59. The molecule has 0 aliphatic rings. The number of hydrogen-bond donors (Lipinski definition) is 1. The first-order valence-electron chi connectivity index (χ1n) is 9.16. The van der Waals surface area contributed by atoms with Crippen molar-refractivity contribution in [3.8, 4) is 5.75 Å². The average Bonchev–Trinajstić information content (AvgIpc) is 2.66. The monoisotopic (exact) mass is 492 g/mol. The summed E-state index contributed by atoms with van der Waals surface area (Å²) in [5.74, 6) is 0.424. The van der Waals surface area contributed by atoms with E-state index in [-0.39, 0.29) is 29.6 Å². The van der Waals surface area contributed by atoms with Gasteiger partial charge in [-0.2, -0.15) is 0 Å². The van der Waals surface area contributed by atoms with Crippen LogP contribution in [0.15, 0.2) is 36.4 Å². The van der Waals surface area contributed by atoms with Gasteiger partial charge in [0.1, 0.15) is 12.4 Å². The minimum atomic E-state index is -3.59. The lowest BCUT2D eigenvalue weighted by atomic mass is 10.2. The predicted molar refractivity (Wildman–Crippen MR) is 123 cm³/mol. The third kappa shape index (κ3) is 7.54. The number of nitrogens with one attached hydrogen (secondary N) is 1. The number of sulfonamides is 1. The molecular formula is C20H23Cl3N2O4S. The molecule has 1 amide bonds. The maximum absolute atomic E-state index is 12.2. The fraction of sp³-hybridized carbons (Fsp3) is 0.350. The van der Waals surface area contributed by atoms with E-state index in [1.54, 1.807) is 12.1 Å². The number of hydrogen-bond acceptors (Lipinski definition) is 4. The molecule has 0 aliphatic carbocycles. The standard InChI is InChI=1S/C20H23Cl3N2O4S/c1-14-5-7-16(13-18(14)23)29-11-9-24-20(26)4-3-10-25(30(2,27)28)19-12-15(21)6-8-17(19)22/h5-8,12-13H,3-4,9-11H2,1-2H3,(H,24,26). The van der Waals surface area contributed by atoms with Gasteiger partial charge in [0.15, 0.2) is 0 Å². The van der Waals surface area contributed by atoms with Crippen molar-refractivity contribution >= 4 is 56.4 Å². The highest BCUT2D eigenvalue weighted by molar-refractivity contribution is 7.92. The number of carbonyl (C=O) groups is 1. The van der Waals surface area contributed by atoms with Crippen molar-refractivity contribution in [2.24, 2.45) is 0 Å². The minimum Gasteiger partial charge on any atom is -0.492 e. The predicted octanol–water partition coefficient (Wildman–Crippen LogP) is 4.70. The molecule has 164 valence electrons. The molecule has 1 N–H and O–H groups in total. The van der Waals surface area contributed by atoms with Crippen LogP contribution in [-0.4, -0.2) is 40.3 Å². The smallest absolute Gasteiger partial charge is 0.232 e. The second-order valence-electron chi connectivity index (χ2n) is 6.64. The lowest BCUT2D eigenvalue weighted by Gasteiger charge is -2.23. The molecule has 0 fully saturated rings. The van der Waals surface area contributed by atoms with Crippen molar-refractivity contribution in [1.29, 1.82) is 0 Å². The second kappa shape index (κ2) is 11.1. The molecule has 2 aromatic rings. The van der Waals surface area contributed by atoms with Crippen LogP contribution >= 0.6 is 34.8 Å². The topological polar surface area (TPSA) is 75.7 Å². The second-order valence-corrected chi connectivity index (χ2v) is 9.80. The first-order chi connectivity index (χ1) is 14.1. The van der Waals surface area contributed by atoms with Crippen molar-refractivity contribution in [2.75, 3.05) is 30.3 Å². The third-order valence-corrected chi connectivity index (χ3v) is 6.32. The highest BCUT2D eigenvalue weighted by Gasteiger charge is 2.20. The van der Waals surface area contributed by atoms with Gasteiger partial charge in [0.05, 0.1) is 23.5 Å². The van der Waals surface area contributed by atoms with Crippen LogP contribution in [0.25, 0.3) is 0 Å². The Morgan fingerprint density at radius 1 is 1.10 bits per heavy atom. The van der Waals surface area contributed by atoms with Crippen molar-refractivity contribution < 1.29 is 17.9 Å². The van der Waals surface area contributed by atoms with Gasteiger partial charge in [-0.3, -0.25) is 9.10 Å². The van der Waals surface area contributed by atoms with Gasteiger partial charge in [-0.15, -0.1) is 0 Å². The highest BCUT2D eigenvalue weighted by atomic mass is 35.5. The van der Waals surface area contributed by atoms with Crippen LogP contribution in [0.2, 0.25) is 15.1 Å². The third-order valence-electron chi connectivity index (χ3n) is 4.18. The Kier molecular flexibility index (Phi) is 9.09. The van der Waals surface area contributed by atoms with E-state index in [9.17, 15) is 13.2 Å². The molecule has 0 radical (unpaired) electrons. The summed E-state index contributed by atoms with van der Waals surface area (Å²) >= 11 is 18.1. The molecule has 30 heavy (non-hydrogen) atoms. The number of ether oxygens (including phenoxy) is 1. The fourth-order valence-corrected chi connectivity index (χ4v) is 4.21. The van der Waals surface area contributed by atoms with E-state index in [4.69, 9.17) is 39.5 Å². The van der Waals surface area contributed by atoms with Gasteiger partial charge in [0.2, 0.25) is 15.9 Å². The van der Waals surface area contributed by atoms with Crippen molar-refractivity contribution in [1.82, 2.24) is 5.32 Å². The Balaban J connectivity index is 1.80. The number of amides is 1. The van der Waals surface area contributed by atoms with Crippen LogP contribution in [0.1, 0.15) is 18.4 Å². The molecule has 10 heteroatoms. The molecule has 0 saturated carbocycles. The van der Waals surface area contributed by atoms with Crippen LogP contribution < -0.4 is 14.4 Å². The summed E-state index contributed by atoms with van der Waals surface area (Å²) < 4.78 is 31.0. The molecular weight excluding hydrogens is 471 g/mol. The van der Waals surface area contributed by atoms with E-state index in [0.717, 1.165) is 16.1 Å². The van der Waals surface area contributed by atoms with Gasteiger partial charge >= 0.3 is 0 Å². The Morgan fingerprint density at radius 2 is 1.83 bits per heavy atom. The molecule has 0 bridgehead atoms. The van der Waals surface area contributed by atoms with E-state index in [1.165, 1.54) is 12.1 Å². The molecule has 6 nitrogen and oxygen atoms in total. The molecule has 0 aromatic heterocycles. The largest absolute Gasteiger partial charge is 0.492 e. The number of anilines is 1. The summed E-state index contributed by atoms with van der Waals surface area (Å²) in [6, 6.07) is 9.98. The van der Waals surface area contributed by atoms with Crippen molar-refractivity contribution in [2.45, 2.75) is 19.8 Å². The summed E-state index contributed by atoms with van der Waals surface area (Å²) in [6.45, 7) is 2.61. The Hall–Kier alpha value is -1.67. The summed E-state index contributed by atoms with van der Waals surface area (Å²) in [5.41, 5.74) is 1.25. The fourth-order valence-electron chi connectivity index (χ4n) is 2.64. The zero-order valence-electron chi connectivity index (χ0n) is 16.6. The van der Waals surface area contributed by atoms with E-state index in [2.05, 4.69) is 5.32 Å². The summed E-state index contributed by atoms with van der Waals surface area (Å²) in [5, 5.41) is 3.99. The lowest BCUT2D eigenvalue weighted by molar-refractivity contribution is -0.121. The SMILES string of the molecule is Cc1ccc(OCCNC(=O)CCCN(c2cc(Cl)ccc2Cl)S(C)(=O)=O)cc1Cl. The number of carbonyl (C=O) groups excluding carboxylic acids is 1. The molecule has 0 aliphatic heterocycles. The average molecular weight is 494 g/mol. The molecule has 2 aromatic carbocycles. The normalized spacial score (nSPS) is 11.2. The number of halogens is 3. The molecule has 0 saturated heterocycles. The zero-order chi connectivity index (χ0) is 22.3. The van der Waals surface area contributed by atoms with E-state index >= 15 is 0 Å².